The Morgan fingerprint density at radius 3 is 2.56 bits per heavy atom. The fraction of sp³-hybridized carbons (Fsp3) is 0.500. The zero-order valence-electron chi connectivity index (χ0n) is 6.09. The molecule has 0 saturated heterocycles. The second-order valence-corrected chi connectivity index (χ2v) is 1.76. The quantitative estimate of drug-likeness (QED) is 0.317. The summed E-state index contributed by atoms with van der Waals surface area (Å²) in [6, 6.07) is 0. The molecule has 0 spiro atoms. The van der Waals surface area contributed by atoms with Gasteiger partial charge in [0.2, 0.25) is 0 Å². The molecule has 0 atom stereocenters. The van der Waals surface area contributed by atoms with E-state index < -0.39 is 0 Å². The van der Waals surface area contributed by atoms with E-state index in [1.54, 1.807) is 18.3 Å². The average Bonchev–Trinajstić information content (AvgIpc) is 1.83. The molecule has 9 heavy (non-hydrogen) atoms. The summed E-state index contributed by atoms with van der Waals surface area (Å²) in [6.07, 6.45) is 1.56. The molecule has 0 aliphatic heterocycles. The van der Waals surface area contributed by atoms with Gasteiger partial charge in [0, 0.05) is 14.1 Å². The van der Waals surface area contributed by atoms with E-state index in [4.69, 9.17) is 4.74 Å². The summed E-state index contributed by atoms with van der Waals surface area (Å²) in [7, 11) is 5.23. The molecule has 0 bridgehead atoms. The van der Waals surface area contributed by atoms with Crippen LogP contribution < -0.4 is 0 Å². The van der Waals surface area contributed by atoms with Gasteiger partial charge in [-0.25, -0.2) is 0 Å². The molecule has 0 radical (unpaired) electrons. The van der Waals surface area contributed by atoms with Gasteiger partial charge in [0.25, 0.3) is 0 Å². The van der Waals surface area contributed by atoms with Crippen molar-refractivity contribution in [1.82, 2.24) is 5.01 Å². The zero-order valence-corrected chi connectivity index (χ0v) is 6.09. The number of hydrogen-bond acceptors (Lipinski definition) is 3. The van der Waals surface area contributed by atoms with E-state index in [2.05, 4.69) is 11.7 Å². The van der Waals surface area contributed by atoms with Crippen LogP contribution >= 0.6 is 0 Å². The van der Waals surface area contributed by atoms with Crippen LogP contribution in [0.5, 0.6) is 0 Å². The van der Waals surface area contributed by atoms with Crippen molar-refractivity contribution in [2.45, 2.75) is 0 Å². The Balaban J connectivity index is 3.57. The minimum Gasteiger partial charge on any atom is -0.496 e. The fourth-order valence-corrected chi connectivity index (χ4v) is 0.233. The molecule has 0 aromatic heterocycles. The number of hydrogen-bond donors (Lipinski definition) is 0. The third-order valence-corrected chi connectivity index (χ3v) is 0.695. The van der Waals surface area contributed by atoms with Gasteiger partial charge in [-0.2, -0.15) is 5.10 Å². The molecule has 0 saturated carbocycles. The molecule has 0 aromatic carbocycles. The summed E-state index contributed by atoms with van der Waals surface area (Å²) >= 11 is 0. The van der Waals surface area contributed by atoms with E-state index in [1.807, 2.05) is 14.1 Å². The molecule has 0 aromatic rings. The van der Waals surface area contributed by atoms with Gasteiger partial charge in [-0.1, -0.05) is 6.58 Å². The van der Waals surface area contributed by atoms with Crippen LogP contribution in [0.4, 0.5) is 0 Å². The van der Waals surface area contributed by atoms with Crippen LogP contribution in [0, 0.1) is 0 Å². The molecule has 0 aliphatic rings. The molecule has 3 heteroatoms. The molecule has 0 fully saturated rings. The third kappa shape index (κ3) is 4.87. The molecule has 0 amide bonds. The maximum Gasteiger partial charge on any atom is 0.131 e. The fourth-order valence-electron chi connectivity index (χ4n) is 0.233. The van der Waals surface area contributed by atoms with Gasteiger partial charge < -0.3 is 9.75 Å². The summed E-state index contributed by atoms with van der Waals surface area (Å²) in [5, 5.41) is 5.55. The van der Waals surface area contributed by atoms with Crippen molar-refractivity contribution >= 4 is 6.21 Å². The molecule has 52 valence electrons. The molecule has 0 heterocycles. The van der Waals surface area contributed by atoms with Crippen LogP contribution in [-0.4, -0.2) is 32.4 Å². The average molecular weight is 128 g/mol. The van der Waals surface area contributed by atoms with E-state index in [1.165, 1.54) is 0 Å². The van der Waals surface area contributed by atoms with Gasteiger partial charge in [0.1, 0.15) is 5.76 Å². The predicted octanol–water partition coefficient (Wildman–Crippen LogP) is 0.694. The summed E-state index contributed by atoms with van der Waals surface area (Å²) in [4.78, 5) is 0. The maximum atomic E-state index is 4.73. The zero-order chi connectivity index (χ0) is 7.28. The van der Waals surface area contributed by atoms with Crippen LogP contribution in [0.15, 0.2) is 17.4 Å². The number of ether oxygens (including phenoxy) is 1. The first-order valence-electron chi connectivity index (χ1n) is 2.61. The lowest BCUT2D eigenvalue weighted by Crippen LogP contribution is -2.02. The lowest BCUT2D eigenvalue weighted by atomic mass is 10.6. The standard InChI is InChI=1S/C6H12N2O/c1-6(9-4)5-7-8(2)3/h5H,1H2,2-4H3. The first-order valence-corrected chi connectivity index (χ1v) is 2.61. The predicted molar refractivity (Wildman–Crippen MR) is 38.3 cm³/mol. The molecule has 0 N–H and O–H groups in total. The van der Waals surface area contributed by atoms with Crippen molar-refractivity contribution in [2.24, 2.45) is 5.10 Å². The minimum absolute atomic E-state index is 0.559. The summed E-state index contributed by atoms with van der Waals surface area (Å²) < 4.78 is 4.73. The van der Waals surface area contributed by atoms with Gasteiger partial charge in [-0.3, -0.25) is 0 Å². The van der Waals surface area contributed by atoms with E-state index in [0.717, 1.165) is 0 Å². The highest BCUT2D eigenvalue weighted by Gasteiger charge is 1.81. The van der Waals surface area contributed by atoms with Gasteiger partial charge in [0.05, 0.1) is 13.3 Å². The van der Waals surface area contributed by atoms with E-state index in [-0.39, 0.29) is 0 Å². The molecule has 0 unspecified atom stereocenters. The summed E-state index contributed by atoms with van der Waals surface area (Å²) in [6.45, 7) is 3.55. The highest BCUT2D eigenvalue weighted by molar-refractivity contribution is 5.74. The Labute approximate surface area is 55.6 Å². The Hall–Kier alpha value is -0.990. The van der Waals surface area contributed by atoms with E-state index in [0.29, 0.717) is 5.76 Å². The molecular weight excluding hydrogens is 116 g/mol. The molecule has 3 nitrogen and oxygen atoms in total. The second-order valence-electron chi connectivity index (χ2n) is 1.76. The van der Waals surface area contributed by atoms with Gasteiger partial charge >= 0.3 is 0 Å². The SMILES string of the molecule is C=C(C=NN(C)C)OC. The number of methoxy groups -OCH3 is 1. The Morgan fingerprint density at radius 1 is 1.67 bits per heavy atom. The van der Waals surface area contributed by atoms with Crippen molar-refractivity contribution in [3.63, 3.8) is 0 Å². The first-order chi connectivity index (χ1) is 4.16. The van der Waals surface area contributed by atoms with Crippen LogP contribution in [0.3, 0.4) is 0 Å². The highest BCUT2D eigenvalue weighted by Crippen LogP contribution is 1.84. The Morgan fingerprint density at radius 2 is 2.22 bits per heavy atom. The lowest BCUT2D eigenvalue weighted by Gasteiger charge is -2.02. The molecule has 0 aliphatic carbocycles. The summed E-state index contributed by atoms with van der Waals surface area (Å²) in [5.41, 5.74) is 0. The van der Waals surface area contributed by atoms with Crippen molar-refractivity contribution in [1.29, 1.82) is 0 Å². The van der Waals surface area contributed by atoms with Crippen LogP contribution in [0.1, 0.15) is 0 Å². The largest absolute Gasteiger partial charge is 0.496 e. The number of nitrogens with zero attached hydrogens (tertiary/aromatic N) is 2. The Bertz CT molecular complexity index is 118. The van der Waals surface area contributed by atoms with Gasteiger partial charge in [-0.05, 0) is 0 Å². The first kappa shape index (κ1) is 8.01. The monoisotopic (exact) mass is 128 g/mol. The normalized spacial score (nSPS) is 9.67. The number of rotatable bonds is 3. The van der Waals surface area contributed by atoms with Crippen LogP contribution in [0.2, 0.25) is 0 Å². The van der Waals surface area contributed by atoms with E-state index in [9.17, 15) is 0 Å². The van der Waals surface area contributed by atoms with Crippen LogP contribution in [0.25, 0.3) is 0 Å². The summed E-state index contributed by atoms with van der Waals surface area (Å²) in [5.74, 6) is 0.559. The van der Waals surface area contributed by atoms with Crippen LogP contribution in [-0.2, 0) is 4.74 Å². The maximum absolute atomic E-state index is 4.73. The van der Waals surface area contributed by atoms with E-state index >= 15 is 0 Å². The van der Waals surface area contributed by atoms with Gasteiger partial charge in [0.15, 0.2) is 0 Å². The highest BCUT2D eigenvalue weighted by atomic mass is 16.5. The van der Waals surface area contributed by atoms with Crippen molar-refractivity contribution in [3.05, 3.63) is 12.3 Å². The van der Waals surface area contributed by atoms with Crippen molar-refractivity contribution in [3.8, 4) is 0 Å². The smallest absolute Gasteiger partial charge is 0.131 e. The lowest BCUT2D eigenvalue weighted by molar-refractivity contribution is 0.316. The molecular formula is C6H12N2O. The van der Waals surface area contributed by atoms with Gasteiger partial charge in [-0.15, -0.1) is 0 Å². The number of allylic oxidation sites excluding steroid dienone is 1. The molecule has 0 rings (SSSR count). The second kappa shape index (κ2) is 3.95. The third-order valence-electron chi connectivity index (χ3n) is 0.695. The van der Waals surface area contributed by atoms with Crippen molar-refractivity contribution < 1.29 is 4.74 Å². The number of hydrazone groups is 1. The topological polar surface area (TPSA) is 24.8 Å². The van der Waals surface area contributed by atoms with Crippen molar-refractivity contribution in [2.75, 3.05) is 21.2 Å². The Kier molecular flexibility index (Phi) is 3.51. The minimum atomic E-state index is 0.559.